The zero-order valence-electron chi connectivity index (χ0n) is 7.55. The van der Waals surface area contributed by atoms with Crippen LogP contribution in [0.25, 0.3) is 0 Å². The van der Waals surface area contributed by atoms with E-state index in [9.17, 15) is 4.57 Å². The zero-order valence-corrected chi connectivity index (χ0v) is 8.44. The third-order valence-electron chi connectivity index (χ3n) is 2.16. The number of phosphoric acid groups is 1. The van der Waals surface area contributed by atoms with Gasteiger partial charge in [-0.1, -0.05) is 0 Å². The maximum atomic E-state index is 11.0. The van der Waals surface area contributed by atoms with Gasteiger partial charge in [0.15, 0.2) is 0 Å². The van der Waals surface area contributed by atoms with Gasteiger partial charge in [0.05, 0.1) is 12.2 Å². The lowest BCUT2D eigenvalue weighted by Gasteiger charge is -2.26. The Morgan fingerprint density at radius 3 is 2.31 bits per heavy atom. The van der Waals surface area contributed by atoms with Crippen molar-refractivity contribution in [2.45, 2.75) is 37.9 Å². The van der Waals surface area contributed by atoms with Gasteiger partial charge < -0.3 is 10.00 Å². The number of hydrogen-bond donors (Lipinski definition) is 2. The summed E-state index contributed by atoms with van der Waals surface area (Å²) < 4.78 is 20.1. The molecule has 1 aliphatic carbocycles. The average molecular weight is 210 g/mol. The minimum atomic E-state index is -3.84. The molecule has 5 nitrogen and oxygen atoms in total. The molecule has 0 heterocycles. The highest BCUT2D eigenvalue weighted by molar-refractivity contribution is 7.47. The van der Waals surface area contributed by atoms with Crippen molar-refractivity contribution in [3.63, 3.8) is 0 Å². The summed E-state index contributed by atoms with van der Waals surface area (Å²) in [7, 11) is -2.71. The molecule has 13 heavy (non-hydrogen) atoms. The minimum absolute atomic E-state index is 0.265. The molecule has 78 valence electrons. The molecule has 1 aliphatic rings. The Morgan fingerprint density at radius 2 is 1.85 bits per heavy atom. The number of aliphatic hydroxyl groups excluding tert-OH is 1. The standard InChI is InChI=1S/C7H15O5P/c1-11-13(9,10)12-7-4-2-6(8)3-5-7/h6-8H,2-5H2,1H3,(H,9,10). The smallest absolute Gasteiger partial charge is 0.393 e. The maximum Gasteiger partial charge on any atom is 0.472 e. The third-order valence-corrected chi connectivity index (χ3v) is 3.18. The second kappa shape index (κ2) is 4.53. The van der Waals surface area contributed by atoms with Crippen molar-refractivity contribution < 1.29 is 23.6 Å². The first-order chi connectivity index (χ1) is 6.03. The van der Waals surface area contributed by atoms with Crippen LogP contribution in [0, 0.1) is 0 Å². The lowest BCUT2D eigenvalue weighted by Crippen LogP contribution is -2.23. The Morgan fingerprint density at radius 1 is 1.31 bits per heavy atom. The molecular weight excluding hydrogens is 195 g/mol. The quantitative estimate of drug-likeness (QED) is 0.681. The first kappa shape index (κ1) is 11.1. The number of rotatable bonds is 3. The predicted octanol–water partition coefficient (Wildman–Crippen LogP) is 1.05. The Labute approximate surface area is 77.3 Å². The molecule has 1 unspecified atom stereocenters. The van der Waals surface area contributed by atoms with Crippen molar-refractivity contribution in [3.05, 3.63) is 0 Å². The van der Waals surface area contributed by atoms with Gasteiger partial charge in [-0.05, 0) is 25.7 Å². The molecular formula is C7H15O5P. The molecule has 0 radical (unpaired) electrons. The number of phosphoric ester groups is 1. The zero-order chi connectivity index (χ0) is 9.90. The van der Waals surface area contributed by atoms with Crippen molar-refractivity contribution in [3.8, 4) is 0 Å². The highest BCUT2D eigenvalue weighted by Crippen LogP contribution is 2.45. The van der Waals surface area contributed by atoms with Gasteiger partial charge in [-0.3, -0.25) is 9.05 Å². The van der Waals surface area contributed by atoms with E-state index in [0.717, 1.165) is 7.11 Å². The van der Waals surface area contributed by atoms with E-state index in [1.165, 1.54) is 0 Å². The molecule has 1 atom stereocenters. The number of hydrogen-bond acceptors (Lipinski definition) is 4. The van der Waals surface area contributed by atoms with Crippen LogP contribution in [0.2, 0.25) is 0 Å². The van der Waals surface area contributed by atoms with E-state index in [1.54, 1.807) is 0 Å². The lowest BCUT2D eigenvalue weighted by atomic mass is 9.95. The monoisotopic (exact) mass is 210 g/mol. The van der Waals surface area contributed by atoms with E-state index in [0.29, 0.717) is 25.7 Å². The fraction of sp³-hybridized carbons (Fsp3) is 1.00. The molecule has 0 aliphatic heterocycles. The predicted molar refractivity (Wildman–Crippen MR) is 46.2 cm³/mol. The minimum Gasteiger partial charge on any atom is -0.393 e. The van der Waals surface area contributed by atoms with Gasteiger partial charge >= 0.3 is 7.82 Å². The second-order valence-electron chi connectivity index (χ2n) is 3.19. The Balaban J connectivity index is 2.34. The fourth-order valence-corrected chi connectivity index (χ4v) is 2.06. The summed E-state index contributed by atoms with van der Waals surface area (Å²) in [5.41, 5.74) is 0. The van der Waals surface area contributed by atoms with Crippen LogP contribution in [0.3, 0.4) is 0 Å². The third kappa shape index (κ3) is 3.75. The van der Waals surface area contributed by atoms with E-state index >= 15 is 0 Å². The van der Waals surface area contributed by atoms with E-state index < -0.39 is 7.82 Å². The van der Waals surface area contributed by atoms with Crippen molar-refractivity contribution in [1.29, 1.82) is 0 Å². The van der Waals surface area contributed by atoms with Crippen LogP contribution < -0.4 is 0 Å². The molecule has 0 spiro atoms. The van der Waals surface area contributed by atoms with Gasteiger partial charge in [0, 0.05) is 7.11 Å². The van der Waals surface area contributed by atoms with Crippen LogP contribution in [0.1, 0.15) is 25.7 Å². The summed E-state index contributed by atoms with van der Waals surface area (Å²) in [6, 6.07) is 0. The topological polar surface area (TPSA) is 76.0 Å². The number of aliphatic hydroxyl groups is 1. The van der Waals surface area contributed by atoms with Crippen molar-refractivity contribution >= 4 is 7.82 Å². The molecule has 6 heteroatoms. The molecule has 0 aromatic rings. The lowest BCUT2D eigenvalue weighted by molar-refractivity contribution is 0.0446. The molecule has 0 amide bonds. The van der Waals surface area contributed by atoms with Gasteiger partial charge in [0.1, 0.15) is 0 Å². The van der Waals surface area contributed by atoms with Gasteiger partial charge in [-0.25, -0.2) is 4.57 Å². The van der Waals surface area contributed by atoms with Crippen LogP contribution in [0.15, 0.2) is 0 Å². The summed E-state index contributed by atoms with van der Waals surface area (Å²) >= 11 is 0. The fourth-order valence-electron chi connectivity index (χ4n) is 1.38. The highest BCUT2D eigenvalue weighted by atomic mass is 31.2. The summed E-state index contributed by atoms with van der Waals surface area (Å²) in [4.78, 5) is 8.99. The summed E-state index contributed by atoms with van der Waals surface area (Å²) in [6.45, 7) is 0. The van der Waals surface area contributed by atoms with Gasteiger partial charge in [0.25, 0.3) is 0 Å². The molecule has 2 N–H and O–H groups in total. The first-order valence-corrected chi connectivity index (χ1v) is 5.78. The molecule has 1 saturated carbocycles. The normalized spacial score (nSPS) is 34.1. The Bertz CT molecular complexity index is 199. The molecule has 0 aromatic heterocycles. The SMILES string of the molecule is COP(=O)(O)OC1CCC(O)CC1. The Hall–Kier alpha value is 0.0700. The van der Waals surface area contributed by atoms with Gasteiger partial charge in [0.2, 0.25) is 0 Å². The maximum absolute atomic E-state index is 11.0. The molecule has 0 aromatic carbocycles. The molecule has 1 fully saturated rings. The summed E-state index contributed by atoms with van der Waals surface area (Å²) in [5.74, 6) is 0. The van der Waals surface area contributed by atoms with Gasteiger partial charge in [-0.2, -0.15) is 0 Å². The molecule has 1 rings (SSSR count). The van der Waals surface area contributed by atoms with Crippen LogP contribution in [0.4, 0.5) is 0 Å². The summed E-state index contributed by atoms with van der Waals surface area (Å²) in [5, 5.41) is 9.16. The van der Waals surface area contributed by atoms with E-state index in [2.05, 4.69) is 4.52 Å². The Kier molecular flexibility index (Phi) is 3.88. The second-order valence-corrected chi connectivity index (χ2v) is 4.70. The van der Waals surface area contributed by atoms with Crippen LogP contribution in [-0.4, -0.2) is 29.3 Å². The molecule has 0 saturated heterocycles. The van der Waals surface area contributed by atoms with Crippen molar-refractivity contribution in [2.75, 3.05) is 7.11 Å². The van der Waals surface area contributed by atoms with E-state index in [1.807, 2.05) is 0 Å². The average Bonchev–Trinajstić information content (AvgIpc) is 2.09. The largest absolute Gasteiger partial charge is 0.472 e. The van der Waals surface area contributed by atoms with Crippen molar-refractivity contribution in [1.82, 2.24) is 0 Å². The van der Waals surface area contributed by atoms with Crippen molar-refractivity contribution in [2.24, 2.45) is 0 Å². The van der Waals surface area contributed by atoms with Gasteiger partial charge in [-0.15, -0.1) is 0 Å². The van der Waals surface area contributed by atoms with Crippen LogP contribution in [0.5, 0.6) is 0 Å². The summed E-state index contributed by atoms with van der Waals surface area (Å²) in [6.07, 6.45) is 1.90. The van der Waals surface area contributed by atoms with Crippen LogP contribution >= 0.6 is 7.82 Å². The van der Waals surface area contributed by atoms with Crippen LogP contribution in [-0.2, 0) is 13.6 Å². The van der Waals surface area contributed by atoms with E-state index in [-0.39, 0.29) is 12.2 Å². The first-order valence-electron chi connectivity index (χ1n) is 4.28. The highest BCUT2D eigenvalue weighted by Gasteiger charge is 2.28. The molecule has 0 bridgehead atoms. The van der Waals surface area contributed by atoms with E-state index in [4.69, 9.17) is 14.5 Å².